The van der Waals surface area contributed by atoms with Gasteiger partial charge >= 0.3 is 0 Å². The molecule has 2 nitrogen and oxygen atoms in total. The van der Waals surface area contributed by atoms with Gasteiger partial charge in [-0.2, -0.15) is 5.10 Å². The summed E-state index contributed by atoms with van der Waals surface area (Å²) in [7, 11) is 0. The lowest BCUT2D eigenvalue weighted by Gasteiger charge is -2.36. The van der Waals surface area contributed by atoms with Crippen LogP contribution in [0.5, 0.6) is 0 Å². The largest absolute Gasteiger partial charge is 0.233 e. The van der Waals surface area contributed by atoms with E-state index < -0.39 is 0 Å². The number of aromatic nitrogens is 2. The van der Waals surface area contributed by atoms with Crippen molar-refractivity contribution in [2.75, 3.05) is 0 Å². The topological polar surface area (TPSA) is 17.8 Å². The number of fused-ring (bicyclic) bond motifs is 2. The van der Waals surface area contributed by atoms with Crippen LogP contribution in [-0.2, 0) is 12.8 Å². The van der Waals surface area contributed by atoms with E-state index in [2.05, 4.69) is 18.1 Å². The van der Waals surface area contributed by atoms with Crippen molar-refractivity contribution in [2.45, 2.75) is 32.6 Å². The van der Waals surface area contributed by atoms with Crippen molar-refractivity contribution in [3.63, 3.8) is 0 Å². The molecule has 4 heteroatoms. The number of hydrogen-bond donors (Lipinski definition) is 0. The minimum absolute atomic E-state index is 0.109. The number of halogens is 2. The second-order valence-electron chi connectivity index (χ2n) is 8.27. The number of allylic oxidation sites excluding steroid dienone is 1. The van der Waals surface area contributed by atoms with Gasteiger partial charge in [-0.25, -0.2) is 13.5 Å². The molecule has 0 bridgehead atoms. The van der Waals surface area contributed by atoms with Gasteiger partial charge in [0.05, 0.1) is 17.6 Å². The molecule has 1 unspecified atom stereocenters. The van der Waals surface area contributed by atoms with E-state index >= 15 is 0 Å². The molecular formula is C24H22F2N2. The van der Waals surface area contributed by atoms with Crippen molar-refractivity contribution in [1.29, 1.82) is 0 Å². The fourth-order valence-electron chi connectivity index (χ4n) is 4.95. The minimum atomic E-state index is -0.241. The van der Waals surface area contributed by atoms with Gasteiger partial charge in [-0.15, -0.1) is 0 Å². The van der Waals surface area contributed by atoms with E-state index in [-0.39, 0.29) is 17.0 Å². The molecule has 0 saturated heterocycles. The van der Waals surface area contributed by atoms with Gasteiger partial charge in [-0.1, -0.05) is 24.6 Å². The first-order valence-electron chi connectivity index (χ1n) is 9.81. The van der Waals surface area contributed by atoms with Crippen LogP contribution < -0.4 is 0 Å². The van der Waals surface area contributed by atoms with Crippen LogP contribution in [-0.4, -0.2) is 9.78 Å². The number of nitrogens with zero attached hydrogens (tertiary/aromatic N) is 2. The maximum Gasteiger partial charge on any atom is 0.123 e. The molecular weight excluding hydrogens is 354 g/mol. The Balaban J connectivity index is 1.46. The van der Waals surface area contributed by atoms with Crippen molar-refractivity contribution in [3.05, 3.63) is 88.8 Å². The van der Waals surface area contributed by atoms with E-state index in [0.717, 1.165) is 37.1 Å². The lowest BCUT2D eigenvalue weighted by molar-refractivity contribution is 0.270. The predicted molar refractivity (Wildman–Crippen MR) is 106 cm³/mol. The molecule has 2 aliphatic carbocycles. The lowest BCUT2D eigenvalue weighted by atomic mass is 9.68. The molecule has 3 aromatic rings. The highest BCUT2D eigenvalue weighted by molar-refractivity contribution is 5.62. The highest BCUT2D eigenvalue weighted by Gasteiger charge is 2.45. The van der Waals surface area contributed by atoms with E-state index in [0.29, 0.717) is 5.92 Å². The van der Waals surface area contributed by atoms with E-state index in [4.69, 9.17) is 0 Å². The first kappa shape index (κ1) is 17.4. The second-order valence-corrected chi connectivity index (χ2v) is 8.27. The van der Waals surface area contributed by atoms with Gasteiger partial charge < -0.3 is 0 Å². The smallest absolute Gasteiger partial charge is 0.123 e. The molecule has 1 aromatic heterocycles. The summed E-state index contributed by atoms with van der Waals surface area (Å²) in [6.07, 6.45) is 8.39. The first-order chi connectivity index (χ1) is 13.5. The van der Waals surface area contributed by atoms with Crippen molar-refractivity contribution in [3.8, 4) is 5.69 Å². The molecule has 2 aliphatic rings. The standard InChI is InChI=1S/C24H22F2N2/c1-24-14-17-15-27-28(22-10-8-21(26)9-11-22)23(17)13-19(24)5-4-18(24)12-16-2-6-20(25)7-3-16/h2-3,6-11,13,15,18H,4-5,12,14H2,1H3/t18?,24-/m1/s1. The molecule has 28 heavy (non-hydrogen) atoms. The van der Waals surface area contributed by atoms with Gasteiger partial charge in [-0.05, 0) is 90.6 Å². The Morgan fingerprint density at radius 1 is 1.04 bits per heavy atom. The monoisotopic (exact) mass is 376 g/mol. The lowest BCUT2D eigenvalue weighted by Crippen LogP contribution is -2.30. The van der Waals surface area contributed by atoms with Crippen LogP contribution in [0.1, 0.15) is 36.6 Å². The van der Waals surface area contributed by atoms with E-state index in [1.165, 1.54) is 28.8 Å². The summed E-state index contributed by atoms with van der Waals surface area (Å²) in [6, 6.07) is 13.4. The Morgan fingerprint density at radius 3 is 2.43 bits per heavy atom. The van der Waals surface area contributed by atoms with E-state index in [1.807, 2.05) is 23.0 Å². The molecule has 0 aliphatic heterocycles. The maximum atomic E-state index is 13.3. The summed E-state index contributed by atoms with van der Waals surface area (Å²) >= 11 is 0. The van der Waals surface area contributed by atoms with Crippen LogP contribution >= 0.6 is 0 Å². The van der Waals surface area contributed by atoms with Gasteiger partial charge in [0.1, 0.15) is 11.6 Å². The Morgan fingerprint density at radius 2 is 1.71 bits per heavy atom. The summed E-state index contributed by atoms with van der Waals surface area (Å²) in [5.41, 5.74) is 6.00. The third kappa shape index (κ3) is 2.79. The third-order valence-electron chi connectivity index (χ3n) is 6.62. The average Bonchev–Trinajstić information content (AvgIpc) is 3.23. The SMILES string of the molecule is C[C@]12Cc3cnn(-c4ccc(F)cc4)c3C=C1CCC2Cc1ccc(F)cc1. The highest BCUT2D eigenvalue weighted by atomic mass is 19.1. The molecule has 1 heterocycles. The Hall–Kier alpha value is -2.75. The Labute approximate surface area is 163 Å². The fraction of sp³-hybridized carbons (Fsp3) is 0.292. The molecule has 2 atom stereocenters. The van der Waals surface area contributed by atoms with Gasteiger partial charge in [0.25, 0.3) is 0 Å². The molecule has 5 rings (SSSR count). The Bertz CT molecular complexity index is 1050. The minimum Gasteiger partial charge on any atom is -0.233 e. The molecule has 0 spiro atoms. The summed E-state index contributed by atoms with van der Waals surface area (Å²) in [5, 5.41) is 4.58. The molecule has 0 N–H and O–H groups in total. The molecule has 2 aromatic carbocycles. The molecule has 1 saturated carbocycles. The van der Waals surface area contributed by atoms with Gasteiger partial charge in [0.2, 0.25) is 0 Å². The van der Waals surface area contributed by atoms with Crippen LogP contribution in [0.25, 0.3) is 11.8 Å². The summed E-state index contributed by atoms with van der Waals surface area (Å²) in [4.78, 5) is 0. The third-order valence-corrected chi connectivity index (χ3v) is 6.62. The van der Waals surface area contributed by atoms with Crippen molar-refractivity contribution < 1.29 is 8.78 Å². The predicted octanol–water partition coefficient (Wildman–Crippen LogP) is 5.75. The van der Waals surface area contributed by atoms with E-state index in [9.17, 15) is 8.78 Å². The number of benzene rings is 2. The molecule has 0 amide bonds. The summed E-state index contributed by atoms with van der Waals surface area (Å²) < 4.78 is 28.4. The van der Waals surface area contributed by atoms with Crippen LogP contribution in [0.2, 0.25) is 0 Å². The van der Waals surface area contributed by atoms with Crippen molar-refractivity contribution in [2.24, 2.45) is 11.3 Å². The molecule has 0 radical (unpaired) electrons. The van der Waals surface area contributed by atoms with Crippen LogP contribution in [0.15, 0.2) is 60.3 Å². The normalized spacial score (nSPS) is 23.2. The van der Waals surface area contributed by atoms with Crippen LogP contribution in [0.4, 0.5) is 8.78 Å². The van der Waals surface area contributed by atoms with Gasteiger partial charge in [0, 0.05) is 0 Å². The second kappa shape index (κ2) is 6.40. The zero-order chi connectivity index (χ0) is 19.3. The Kier molecular flexibility index (Phi) is 3.97. The quantitative estimate of drug-likeness (QED) is 0.569. The van der Waals surface area contributed by atoms with Gasteiger partial charge in [0.15, 0.2) is 0 Å². The summed E-state index contributed by atoms with van der Waals surface area (Å²) in [6.45, 7) is 2.36. The van der Waals surface area contributed by atoms with Gasteiger partial charge in [-0.3, -0.25) is 0 Å². The number of rotatable bonds is 3. The maximum absolute atomic E-state index is 13.3. The van der Waals surface area contributed by atoms with Crippen molar-refractivity contribution in [1.82, 2.24) is 9.78 Å². The summed E-state index contributed by atoms with van der Waals surface area (Å²) in [5.74, 6) is 0.110. The van der Waals surface area contributed by atoms with Crippen LogP contribution in [0, 0.1) is 23.0 Å². The first-order valence-corrected chi connectivity index (χ1v) is 9.81. The average molecular weight is 376 g/mol. The van der Waals surface area contributed by atoms with Crippen LogP contribution in [0.3, 0.4) is 0 Å². The molecule has 142 valence electrons. The molecule has 1 fully saturated rings. The van der Waals surface area contributed by atoms with E-state index in [1.54, 1.807) is 24.3 Å². The van der Waals surface area contributed by atoms with Crippen molar-refractivity contribution >= 4 is 6.08 Å². The zero-order valence-electron chi connectivity index (χ0n) is 15.8. The fourth-order valence-corrected chi connectivity index (χ4v) is 4.95. The zero-order valence-corrected chi connectivity index (χ0v) is 15.8. The highest BCUT2D eigenvalue weighted by Crippen LogP contribution is 2.54. The number of hydrogen-bond acceptors (Lipinski definition) is 1.